The molecule has 36 heavy (non-hydrogen) atoms. The molecule has 0 aliphatic rings. The molecule has 0 fully saturated rings. The van der Waals surface area contributed by atoms with Gasteiger partial charge in [-0.1, -0.05) is 30.3 Å². The number of nitrogens with two attached hydrogens (primary N) is 1. The first-order chi connectivity index (χ1) is 17.4. The molecule has 5 N–H and O–H groups in total. The first-order valence-electron chi connectivity index (χ1n) is 10.7. The molecule has 9 nitrogen and oxygen atoms in total. The van der Waals surface area contributed by atoms with E-state index >= 15 is 0 Å². The molecule has 0 spiro atoms. The molecule has 0 atom stereocenters. The maximum Gasteiger partial charge on any atom is 0.323 e. The summed E-state index contributed by atoms with van der Waals surface area (Å²) in [7, 11) is 0. The normalized spacial score (nSPS) is 10.9. The summed E-state index contributed by atoms with van der Waals surface area (Å²) in [6.45, 7) is -0.785. The van der Waals surface area contributed by atoms with Crippen LogP contribution in [-0.4, -0.2) is 21.0 Å². The standard InChI is InChI=1S/C25H18F2N6O3/c26-12-13-5-6-16(27)18(11-13)31-25(35)30-17-7-8-19(15-4-2-1-3-14(15)17)36-20-9-10-29-23-21(20)32-24(34)22(28)33-23/h1-11H,12H2,(H,32,34)(H2,28,29,33)(H2,30,31,35). The molecule has 0 aliphatic heterocycles. The lowest BCUT2D eigenvalue weighted by molar-refractivity contribution is 0.262. The highest BCUT2D eigenvalue weighted by Gasteiger charge is 2.14. The third-order valence-electron chi connectivity index (χ3n) is 5.38. The number of ether oxygens (including phenoxy) is 1. The van der Waals surface area contributed by atoms with Crippen molar-refractivity contribution in [3.05, 3.63) is 88.6 Å². The number of hydrogen-bond acceptors (Lipinski definition) is 6. The highest BCUT2D eigenvalue weighted by atomic mass is 19.1. The minimum absolute atomic E-state index is 0.139. The first kappa shape index (κ1) is 22.7. The number of H-pyrrole nitrogens is 1. The number of nitrogens with zero attached hydrogens (tertiary/aromatic N) is 2. The summed E-state index contributed by atoms with van der Waals surface area (Å²) >= 11 is 0. The van der Waals surface area contributed by atoms with Gasteiger partial charge in [-0.2, -0.15) is 0 Å². The number of carbonyl (C=O) groups excluding carboxylic acids is 1. The number of pyridine rings is 1. The Kier molecular flexibility index (Phi) is 5.87. The van der Waals surface area contributed by atoms with E-state index in [4.69, 9.17) is 10.5 Å². The molecule has 2 amide bonds. The van der Waals surface area contributed by atoms with Gasteiger partial charge in [0.25, 0.3) is 5.56 Å². The Bertz CT molecular complexity index is 1690. The van der Waals surface area contributed by atoms with E-state index in [-0.39, 0.29) is 28.2 Å². The number of rotatable bonds is 5. The average Bonchev–Trinajstić information content (AvgIpc) is 2.88. The molecular formula is C25H18F2N6O3. The number of fused-ring (bicyclic) bond motifs is 2. The summed E-state index contributed by atoms with van der Waals surface area (Å²) in [5.74, 6) is -0.155. The zero-order valence-corrected chi connectivity index (χ0v) is 18.5. The number of aromatic nitrogens is 3. The number of amides is 2. The van der Waals surface area contributed by atoms with Crippen LogP contribution in [0.4, 0.5) is 30.8 Å². The van der Waals surface area contributed by atoms with Gasteiger partial charge in [0, 0.05) is 23.0 Å². The number of anilines is 3. The van der Waals surface area contributed by atoms with Gasteiger partial charge in [-0.05, 0) is 29.8 Å². The van der Waals surface area contributed by atoms with Crippen molar-refractivity contribution < 1.29 is 18.3 Å². The molecule has 0 unspecified atom stereocenters. The number of nitrogen functional groups attached to an aromatic ring is 1. The molecule has 0 saturated carbocycles. The van der Waals surface area contributed by atoms with Crippen molar-refractivity contribution >= 4 is 45.2 Å². The predicted molar refractivity (Wildman–Crippen MR) is 132 cm³/mol. The van der Waals surface area contributed by atoms with Gasteiger partial charge in [0.1, 0.15) is 23.8 Å². The molecule has 0 saturated heterocycles. The van der Waals surface area contributed by atoms with Crippen molar-refractivity contribution in [2.75, 3.05) is 16.4 Å². The van der Waals surface area contributed by atoms with Crippen LogP contribution in [0.2, 0.25) is 0 Å². The summed E-state index contributed by atoms with van der Waals surface area (Å²) in [6.07, 6.45) is 1.47. The molecule has 0 aliphatic carbocycles. The molecular weight excluding hydrogens is 470 g/mol. The third-order valence-corrected chi connectivity index (χ3v) is 5.38. The minimum atomic E-state index is -0.785. The maximum absolute atomic E-state index is 14.1. The Hall–Kier alpha value is -5.06. The smallest absolute Gasteiger partial charge is 0.323 e. The van der Waals surface area contributed by atoms with Crippen LogP contribution in [-0.2, 0) is 6.67 Å². The molecule has 2 aromatic heterocycles. The summed E-state index contributed by atoms with van der Waals surface area (Å²) in [5.41, 5.74) is 6.03. The van der Waals surface area contributed by atoms with Crippen LogP contribution in [0.15, 0.2) is 71.7 Å². The Morgan fingerprint density at radius 2 is 1.78 bits per heavy atom. The molecule has 5 aromatic rings. The van der Waals surface area contributed by atoms with Gasteiger partial charge in [0.15, 0.2) is 17.2 Å². The highest BCUT2D eigenvalue weighted by Crippen LogP contribution is 2.35. The number of aromatic amines is 1. The van der Waals surface area contributed by atoms with Crippen molar-refractivity contribution in [2.24, 2.45) is 0 Å². The van der Waals surface area contributed by atoms with Crippen LogP contribution >= 0.6 is 0 Å². The number of urea groups is 1. The molecule has 11 heteroatoms. The predicted octanol–water partition coefficient (Wildman–Crippen LogP) is 5.10. The van der Waals surface area contributed by atoms with E-state index in [0.29, 0.717) is 28.0 Å². The minimum Gasteiger partial charge on any atom is -0.454 e. The molecule has 180 valence electrons. The summed E-state index contributed by atoms with van der Waals surface area (Å²) in [5, 5.41) is 6.37. The monoisotopic (exact) mass is 488 g/mol. The van der Waals surface area contributed by atoms with E-state index in [9.17, 15) is 18.4 Å². The van der Waals surface area contributed by atoms with Crippen molar-refractivity contribution in [3.8, 4) is 11.5 Å². The van der Waals surface area contributed by atoms with Crippen molar-refractivity contribution in [3.63, 3.8) is 0 Å². The fourth-order valence-corrected chi connectivity index (χ4v) is 3.68. The largest absolute Gasteiger partial charge is 0.454 e. The van der Waals surface area contributed by atoms with E-state index < -0.39 is 24.1 Å². The molecule has 5 rings (SSSR count). The fraction of sp³-hybridized carbons (Fsp3) is 0.0400. The molecule has 3 aromatic carbocycles. The van der Waals surface area contributed by atoms with Crippen LogP contribution in [0.25, 0.3) is 21.9 Å². The van der Waals surface area contributed by atoms with E-state index in [0.717, 1.165) is 6.07 Å². The van der Waals surface area contributed by atoms with Gasteiger partial charge < -0.3 is 26.1 Å². The van der Waals surface area contributed by atoms with Crippen molar-refractivity contribution in [1.29, 1.82) is 0 Å². The van der Waals surface area contributed by atoms with E-state index in [1.165, 1.54) is 18.3 Å². The summed E-state index contributed by atoms with van der Waals surface area (Å²) < 4.78 is 33.1. The Balaban J connectivity index is 1.46. The second-order valence-electron chi connectivity index (χ2n) is 7.74. The lowest BCUT2D eigenvalue weighted by Gasteiger charge is -2.15. The van der Waals surface area contributed by atoms with E-state index in [1.54, 1.807) is 42.5 Å². The number of carbonyl (C=O) groups is 1. The average molecular weight is 488 g/mol. The summed E-state index contributed by atoms with van der Waals surface area (Å²) in [4.78, 5) is 35.3. The van der Waals surface area contributed by atoms with Crippen molar-refractivity contribution in [2.45, 2.75) is 6.67 Å². The quantitative estimate of drug-likeness (QED) is 0.272. The van der Waals surface area contributed by atoms with Crippen LogP contribution in [0.5, 0.6) is 11.5 Å². The second-order valence-corrected chi connectivity index (χ2v) is 7.74. The van der Waals surface area contributed by atoms with Crippen LogP contribution in [0.3, 0.4) is 0 Å². The van der Waals surface area contributed by atoms with Gasteiger partial charge in [0.05, 0.1) is 11.4 Å². The summed E-state index contributed by atoms with van der Waals surface area (Å²) in [6, 6.07) is 14.9. The topological polar surface area (TPSA) is 135 Å². The van der Waals surface area contributed by atoms with Gasteiger partial charge in [-0.15, -0.1) is 0 Å². The molecule has 0 bridgehead atoms. The Morgan fingerprint density at radius 1 is 1.00 bits per heavy atom. The lowest BCUT2D eigenvalue weighted by Crippen LogP contribution is -2.20. The fourth-order valence-electron chi connectivity index (χ4n) is 3.68. The van der Waals surface area contributed by atoms with Gasteiger partial charge >= 0.3 is 6.03 Å². The van der Waals surface area contributed by atoms with Crippen LogP contribution in [0, 0.1) is 5.82 Å². The van der Waals surface area contributed by atoms with E-state index in [2.05, 4.69) is 25.6 Å². The number of nitrogens with one attached hydrogen (secondary N) is 3. The maximum atomic E-state index is 14.1. The number of halogens is 2. The second kappa shape index (κ2) is 9.29. The zero-order chi connectivity index (χ0) is 25.2. The third kappa shape index (κ3) is 4.37. The Labute approximate surface area is 202 Å². The number of benzene rings is 3. The Morgan fingerprint density at radius 3 is 2.58 bits per heavy atom. The zero-order valence-electron chi connectivity index (χ0n) is 18.5. The van der Waals surface area contributed by atoms with Gasteiger partial charge in [-0.25, -0.2) is 23.5 Å². The number of alkyl halides is 1. The highest BCUT2D eigenvalue weighted by molar-refractivity contribution is 6.07. The number of hydrogen-bond donors (Lipinski definition) is 4. The first-order valence-corrected chi connectivity index (χ1v) is 10.7. The molecule has 0 radical (unpaired) electrons. The van der Waals surface area contributed by atoms with Crippen LogP contribution < -0.4 is 26.7 Å². The lowest BCUT2D eigenvalue weighted by atomic mass is 10.1. The van der Waals surface area contributed by atoms with Gasteiger partial charge in [-0.3, -0.25) is 4.79 Å². The van der Waals surface area contributed by atoms with Gasteiger partial charge in [0.2, 0.25) is 0 Å². The SMILES string of the molecule is Nc1nc2nccc(Oc3ccc(NC(=O)Nc4cc(CF)ccc4F)c4ccccc34)c2[nH]c1=O. The van der Waals surface area contributed by atoms with E-state index in [1.807, 2.05) is 0 Å². The van der Waals surface area contributed by atoms with Crippen LogP contribution in [0.1, 0.15) is 5.56 Å². The molecule has 2 heterocycles. The van der Waals surface area contributed by atoms with Crippen molar-refractivity contribution in [1.82, 2.24) is 15.0 Å².